The number of halogens is 1. The molecule has 1 aromatic rings. The second-order valence-corrected chi connectivity index (χ2v) is 5.43. The minimum absolute atomic E-state index is 0.268. The van der Waals surface area contributed by atoms with Gasteiger partial charge in [0.25, 0.3) is 0 Å². The van der Waals surface area contributed by atoms with Crippen molar-refractivity contribution in [3.63, 3.8) is 0 Å². The summed E-state index contributed by atoms with van der Waals surface area (Å²) in [6.45, 7) is 7.60. The lowest BCUT2D eigenvalue weighted by Gasteiger charge is -2.15. The molecule has 0 bridgehead atoms. The van der Waals surface area contributed by atoms with E-state index < -0.39 is 0 Å². The number of aliphatic hydroxyl groups is 1. The van der Waals surface area contributed by atoms with Crippen LogP contribution in [0.5, 0.6) is 0 Å². The molecule has 90 valence electrons. The Hall–Kier alpha value is -0.380. The van der Waals surface area contributed by atoms with Gasteiger partial charge in [-0.1, -0.05) is 35.8 Å². The van der Waals surface area contributed by atoms with E-state index in [4.69, 9.17) is 0 Å². The molecule has 0 aliphatic heterocycles. The minimum Gasteiger partial charge on any atom is -0.392 e. The zero-order valence-electron chi connectivity index (χ0n) is 10.1. The van der Waals surface area contributed by atoms with Crippen LogP contribution in [0.4, 0.5) is 0 Å². The lowest BCUT2D eigenvalue weighted by molar-refractivity contribution is 0.123. The van der Waals surface area contributed by atoms with Crippen molar-refractivity contribution in [2.45, 2.75) is 33.4 Å². The lowest BCUT2D eigenvalue weighted by Crippen LogP contribution is -2.30. The second kappa shape index (κ2) is 6.38. The van der Waals surface area contributed by atoms with Gasteiger partial charge in [-0.25, -0.2) is 0 Å². The van der Waals surface area contributed by atoms with Crippen LogP contribution >= 0.6 is 15.9 Å². The number of aliphatic hydroxyl groups excluding tert-OH is 1. The zero-order chi connectivity index (χ0) is 12.1. The topological polar surface area (TPSA) is 32.3 Å². The highest BCUT2D eigenvalue weighted by Crippen LogP contribution is 2.15. The largest absolute Gasteiger partial charge is 0.392 e. The summed E-state index contributed by atoms with van der Waals surface area (Å²) in [5.41, 5.74) is 2.54. The Morgan fingerprint density at radius 3 is 2.62 bits per heavy atom. The first-order valence-electron chi connectivity index (χ1n) is 5.64. The maximum absolute atomic E-state index is 9.65. The highest BCUT2D eigenvalue weighted by molar-refractivity contribution is 9.10. The van der Waals surface area contributed by atoms with E-state index in [0.29, 0.717) is 12.5 Å². The molecule has 0 fully saturated rings. The number of hydrogen-bond donors (Lipinski definition) is 2. The van der Waals surface area contributed by atoms with E-state index in [1.165, 1.54) is 11.1 Å². The molecular formula is C13H20BrNO. The molecule has 1 rings (SSSR count). The molecule has 0 spiro atoms. The van der Waals surface area contributed by atoms with Crippen LogP contribution in [0, 0.1) is 12.8 Å². The quantitative estimate of drug-likeness (QED) is 0.872. The maximum Gasteiger partial charge on any atom is 0.0687 e. The van der Waals surface area contributed by atoms with Gasteiger partial charge in [0.05, 0.1) is 6.10 Å². The van der Waals surface area contributed by atoms with Crippen LogP contribution in [-0.2, 0) is 6.54 Å². The summed E-state index contributed by atoms with van der Waals surface area (Å²) in [5, 5.41) is 12.9. The third-order valence-electron chi connectivity index (χ3n) is 2.74. The number of aryl methyl sites for hydroxylation is 1. The van der Waals surface area contributed by atoms with Gasteiger partial charge in [-0.05, 0) is 36.1 Å². The van der Waals surface area contributed by atoms with Crippen molar-refractivity contribution in [3.05, 3.63) is 33.8 Å². The molecule has 16 heavy (non-hydrogen) atoms. The molecular weight excluding hydrogens is 266 g/mol. The number of benzene rings is 1. The third-order valence-corrected chi connectivity index (χ3v) is 3.24. The third kappa shape index (κ3) is 4.24. The summed E-state index contributed by atoms with van der Waals surface area (Å²) >= 11 is 3.45. The molecule has 2 nitrogen and oxygen atoms in total. The SMILES string of the molecule is Cc1cc(Br)ccc1CNCC(O)C(C)C. The van der Waals surface area contributed by atoms with Crippen molar-refractivity contribution < 1.29 is 5.11 Å². The van der Waals surface area contributed by atoms with Crippen molar-refractivity contribution in [2.24, 2.45) is 5.92 Å². The molecule has 0 aliphatic rings. The molecule has 0 radical (unpaired) electrons. The van der Waals surface area contributed by atoms with Gasteiger partial charge in [0, 0.05) is 17.6 Å². The molecule has 3 heteroatoms. The molecule has 1 unspecified atom stereocenters. The van der Waals surface area contributed by atoms with Crippen LogP contribution in [0.1, 0.15) is 25.0 Å². The van der Waals surface area contributed by atoms with Gasteiger partial charge >= 0.3 is 0 Å². The molecule has 0 amide bonds. The minimum atomic E-state index is -0.268. The van der Waals surface area contributed by atoms with Crippen molar-refractivity contribution >= 4 is 15.9 Å². The Bertz CT molecular complexity index is 339. The van der Waals surface area contributed by atoms with E-state index in [-0.39, 0.29) is 6.10 Å². The Morgan fingerprint density at radius 1 is 1.38 bits per heavy atom. The summed E-state index contributed by atoms with van der Waals surface area (Å²) in [4.78, 5) is 0. The number of rotatable bonds is 5. The van der Waals surface area contributed by atoms with Gasteiger partial charge in [-0.15, -0.1) is 0 Å². The van der Waals surface area contributed by atoms with Crippen LogP contribution in [0.2, 0.25) is 0 Å². The van der Waals surface area contributed by atoms with Crippen LogP contribution < -0.4 is 5.32 Å². The molecule has 2 N–H and O–H groups in total. The smallest absolute Gasteiger partial charge is 0.0687 e. The first-order valence-corrected chi connectivity index (χ1v) is 6.44. The van der Waals surface area contributed by atoms with Crippen LogP contribution in [0.3, 0.4) is 0 Å². The molecule has 1 atom stereocenters. The van der Waals surface area contributed by atoms with Crippen molar-refractivity contribution in [2.75, 3.05) is 6.54 Å². The Labute approximate surface area is 106 Å². The summed E-state index contributed by atoms with van der Waals surface area (Å²) in [6.07, 6.45) is -0.268. The highest BCUT2D eigenvalue weighted by Gasteiger charge is 2.08. The van der Waals surface area contributed by atoms with E-state index in [1.54, 1.807) is 0 Å². The van der Waals surface area contributed by atoms with E-state index in [2.05, 4.69) is 40.3 Å². The molecule has 0 saturated carbocycles. The van der Waals surface area contributed by atoms with Gasteiger partial charge in [-0.2, -0.15) is 0 Å². The lowest BCUT2D eigenvalue weighted by atomic mass is 10.1. The maximum atomic E-state index is 9.65. The van der Waals surface area contributed by atoms with Gasteiger partial charge in [0.2, 0.25) is 0 Å². The predicted octanol–water partition coefficient (Wildman–Crippen LogP) is 2.86. The molecule has 0 heterocycles. The normalized spacial score (nSPS) is 13.1. The molecule has 1 aromatic carbocycles. The summed E-state index contributed by atoms with van der Waals surface area (Å²) in [6, 6.07) is 6.26. The van der Waals surface area contributed by atoms with E-state index in [9.17, 15) is 5.11 Å². The fourth-order valence-electron chi connectivity index (χ4n) is 1.45. The zero-order valence-corrected chi connectivity index (χ0v) is 11.7. The average molecular weight is 286 g/mol. The monoisotopic (exact) mass is 285 g/mol. The fraction of sp³-hybridized carbons (Fsp3) is 0.538. The van der Waals surface area contributed by atoms with Gasteiger partial charge in [0.15, 0.2) is 0 Å². The average Bonchev–Trinajstić information content (AvgIpc) is 2.20. The molecule has 0 aromatic heterocycles. The van der Waals surface area contributed by atoms with Gasteiger partial charge in [0.1, 0.15) is 0 Å². The predicted molar refractivity (Wildman–Crippen MR) is 71.4 cm³/mol. The highest BCUT2D eigenvalue weighted by atomic mass is 79.9. The van der Waals surface area contributed by atoms with Gasteiger partial charge < -0.3 is 10.4 Å². The molecule has 0 saturated heterocycles. The van der Waals surface area contributed by atoms with E-state index in [0.717, 1.165) is 11.0 Å². The van der Waals surface area contributed by atoms with Crippen molar-refractivity contribution in [1.82, 2.24) is 5.32 Å². The first-order chi connectivity index (χ1) is 7.50. The van der Waals surface area contributed by atoms with Crippen LogP contribution in [-0.4, -0.2) is 17.8 Å². The van der Waals surface area contributed by atoms with Crippen LogP contribution in [0.15, 0.2) is 22.7 Å². The van der Waals surface area contributed by atoms with Crippen molar-refractivity contribution in [1.29, 1.82) is 0 Å². The fourth-order valence-corrected chi connectivity index (χ4v) is 1.92. The van der Waals surface area contributed by atoms with E-state index in [1.807, 2.05) is 19.9 Å². The van der Waals surface area contributed by atoms with E-state index >= 15 is 0 Å². The Morgan fingerprint density at radius 2 is 2.06 bits per heavy atom. The number of nitrogens with one attached hydrogen (secondary N) is 1. The van der Waals surface area contributed by atoms with Crippen molar-refractivity contribution in [3.8, 4) is 0 Å². The Balaban J connectivity index is 2.43. The summed E-state index contributed by atoms with van der Waals surface area (Å²) in [7, 11) is 0. The Kier molecular flexibility index (Phi) is 5.46. The summed E-state index contributed by atoms with van der Waals surface area (Å²) < 4.78 is 1.11. The first kappa shape index (κ1) is 13.7. The second-order valence-electron chi connectivity index (χ2n) is 4.51. The standard InChI is InChI=1S/C13H20BrNO/c1-9(2)13(16)8-15-7-11-4-5-12(14)6-10(11)3/h4-6,9,13,15-16H,7-8H2,1-3H3. The van der Waals surface area contributed by atoms with Crippen LogP contribution in [0.25, 0.3) is 0 Å². The van der Waals surface area contributed by atoms with Gasteiger partial charge in [-0.3, -0.25) is 0 Å². The summed E-state index contributed by atoms with van der Waals surface area (Å²) in [5.74, 6) is 0.304. The number of hydrogen-bond acceptors (Lipinski definition) is 2. The molecule has 0 aliphatic carbocycles.